The van der Waals surface area contributed by atoms with Crippen LogP contribution in [0.4, 0.5) is 4.39 Å². The molecule has 1 aliphatic heterocycles. The fraction of sp³-hybridized carbons (Fsp3) is 0.500. The second-order valence-corrected chi connectivity index (χ2v) is 4.13. The summed E-state index contributed by atoms with van der Waals surface area (Å²) in [4.78, 5) is 0. The molecule has 3 unspecified atom stereocenters. The van der Waals surface area contributed by atoms with Crippen LogP contribution >= 0.6 is 0 Å². The zero-order valence-corrected chi connectivity index (χ0v) is 9.03. The standard InChI is InChI=1S/C12H16FNO/c1-8-7-15-12(9(2)14-8)10-5-3-4-6-11(10)13/h3-6,8-9,12,14H,7H2,1-2H3. The summed E-state index contributed by atoms with van der Waals surface area (Å²) < 4.78 is 19.2. The summed E-state index contributed by atoms with van der Waals surface area (Å²) in [6.07, 6.45) is -0.178. The number of halogens is 1. The predicted molar refractivity (Wildman–Crippen MR) is 57.2 cm³/mol. The van der Waals surface area contributed by atoms with Gasteiger partial charge in [0.15, 0.2) is 0 Å². The third-order valence-electron chi connectivity index (χ3n) is 2.74. The van der Waals surface area contributed by atoms with Crippen molar-refractivity contribution in [2.75, 3.05) is 6.61 Å². The van der Waals surface area contributed by atoms with Gasteiger partial charge in [0.25, 0.3) is 0 Å². The Bertz CT molecular complexity index is 342. The zero-order chi connectivity index (χ0) is 10.8. The van der Waals surface area contributed by atoms with E-state index in [9.17, 15) is 4.39 Å². The van der Waals surface area contributed by atoms with E-state index in [1.165, 1.54) is 6.07 Å². The SMILES string of the molecule is CC1COC(c2ccccc2F)C(C)N1. The van der Waals surface area contributed by atoms with E-state index in [1.807, 2.05) is 13.0 Å². The van der Waals surface area contributed by atoms with Gasteiger partial charge in [-0.15, -0.1) is 0 Å². The van der Waals surface area contributed by atoms with Crippen molar-refractivity contribution in [3.63, 3.8) is 0 Å². The van der Waals surface area contributed by atoms with Crippen LogP contribution in [0.1, 0.15) is 25.5 Å². The number of ether oxygens (including phenoxy) is 1. The first kappa shape index (κ1) is 10.6. The van der Waals surface area contributed by atoms with Crippen molar-refractivity contribution >= 4 is 0 Å². The molecule has 2 nitrogen and oxygen atoms in total. The van der Waals surface area contributed by atoms with Crippen molar-refractivity contribution in [3.8, 4) is 0 Å². The van der Waals surface area contributed by atoms with Crippen LogP contribution in [0.3, 0.4) is 0 Å². The number of rotatable bonds is 1. The average molecular weight is 209 g/mol. The monoisotopic (exact) mass is 209 g/mol. The molecule has 1 fully saturated rings. The van der Waals surface area contributed by atoms with Crippen LogP contribution in [0.25, 0.3) is 0 Å². The van der Waals surface area contributed by atoms with Gasteiger partial charge in [-0.05, 0) is 19.9 Å². The molecule has 1 heterocycles. The number of benzene rings is 1. The molecule has 0 saturated carbocycles. The van der Waals surface area contributed by atoms with Gasteiger partial charge in [0.2, 0.25) is 0 Å². The van der Waals surface area contributed by atoms with Gasteiger partial charge in [-0.3, -0.25) is 0 Å². The quantitative estimate of drug-likeness (QED) is 0.766. The molecule has 15 heavy (non-hydrogen) atoms. The van der Waals surface area contributed by atoms with Crippen LogP contribution in [0.15, 0.2) is 24.3 Å². The molecule has 0 aromatic heterocycles. The molecular formula is C12H16FNO. The van der Waals surface area contributed by atoms with Gasteiger partial charge in [-0.2, -0.15) is 0 Å². The molecule has 1 aromatic rings. The third kappa shape index (κ3) is 2.19. The second kappa shape index (κ2) is 4.29. The van der Waals surface area contributed by atoms with Crippen molar-refractivity contribution < 1.29 is 9.13 Å². The molecule has 0 spiro atoms. The van der Waals surface area contributed by atoms with Crippen molar-refractivity contribution in [1.29, 1.82) is 0 Å². The van der Waals surface area contributed by atoms with E-state index in [-0.39, 0.29) is 18.0 Å². The predicted octanol–water partition coefficient (Wildman–Crippen LogP) is 2.26. The Balaban J connectivity index is 2.20. The van der Waals surface area contributed by atoms with Crippen molar-refractivity contribution in [3.05, 3.63) is 35.6 Å². The van der Waals surface area contributed by atoms with Crippen LogP contribution in [0.2, 0.25) is 0 Å². The van der Waals surface area contributed by atoms with Crippen LogP contribution in [0.5, 0.6) is 0 Å². The Morgan fingerprint density at radius 1 is 1.33 bits per heavy atom. The van der Waals surface area contributed by atoms with Gasteiger partial charge < -0.3 is 10.1 Å². The van der Waals surface area contributed by atoms with Crippen LogP contribution in [0, 0.1) is 5.82 Å². The van der Waals surface area contributed by atoms with Crippen molar-refractivity contribution in [2.45, 2.75) is 32.0 Å². The Kier molecular flexibility index (Phi) is 3.03. The molecule has 0 radical (unpaired) electrons. The molecular weight excluding hydrogens is 193 g/mol. The molecule has 82 valence electrons. The first-order chi connectivity index (χ1) is 7.18. The molecule has 2 rings (SSSR count). The van der Waals surface area contributed by atoms with E-state index in [0.717, 1.165) is 0 Å². The van der Waals surface area contributed by atoms with Gasteiger partial charge >= 0.3 is 0 Å². The molecule has 3 heteroatoms. The number of morpholine rings is 1. The van der Waals surface area contributed by atoms with Gasteiger partial charge in [-0.25, -0.2) is 4.39 Å². The highest BCUT2D eigenvalue weighted by Crippen LogP contribution is 2.26. The lowest BCUT2D eigenvalue weighted by molar-refractivity contribution is -0.0225. The van der Waals surface area contributed by atoms with E-state index >= 15 is 0 Å². The lowest BCUT2D eigenvalue weighted by Crippen LogP contribution is -2.47. The van der Waals surface area contributed by atoms with Crippen molar-refractivity contribution in [2.24, 2.45) is 0 Å². The maximum atomic E-state index is 13.5. The van der Waals surface area contributed by atoms with Gasteiger partial charge in [0, 0.05) is 17.6 Å². The number of nitrogens with one attached hydrogen (secondary N) is 1. The molecule has 1 aliphatic rings. The molecule has 0 aliphatic carbocycles. The molecule has 1 aromatic carbocycles. The minimum absolute atomic E-state index is 0.144. The van der Waals surface area contributed by atoms with E-state index in [1.54, 1.807) is 12.1 Å². The molecule has 3 atom stereocenters. The zero-order valence-electron chi connectivity index (χ0n) is 9.03. The maximum absolute atomic E-state index is 13.5. The number of hydrogen-bond donors (Lipinski definition) is 1. The summed E-state index contributed by atoms with van der Waals surface area (Å²) in [5, 5.41) is 3.36. The lowest BCUT2D eigenvalue weighted by Gasteiger charge is -2.34. The fourth-order valence-electron chi connectivity index (χ4n) is 2.04. The molecule has 0 amide bonds. The summed E-state index contributed by atoms with van der Waals surface area (Å²) in [6, 6.07) is 7.28. The molecule has 0 bridgehead atoms. The summed E-state index contributed by atoms with van der Waals surface area (Å²) in [5.41, 5.74) is 0.643. The van der Waals surface area contributed by atoms with E-state index < -0.39 is 0 Å². The number of hydrogen-bond acceptors (Lipinski definition) is 2. The Hall–Kier alpha value is -0.930. The fourth-order valence-corrected chi connectivity index (χ4v) is 2.04. The smallest absolute Gasteiger partial charge is 0.129 e. The summed E-state index contributed by atoms with van der Waals surface area (Å²) in [5.74, 6) is -0.189. The first-order valence-electron chi connectivity index (χ1n) is 5.30. The minimum atomic E-state index is -0.189. The second-order valence-electron chi connectivity index (χ2n) is 4.13. The van der Waals surface area contributed by atoms with Crippen LogP contribution in [-0.4, -0.2) is 18.7 Å². The highest BCUT2D eigenvalue weighted by molar-refractivity contribution is 5.21. The van der Waals surface area contributed by atoms with Crippen LogP contribution in [-0.2, 0) is 4.74 Å². The third-order valence-corrected chi connectivity index (χ3v) is 2.74. The average Bonchev–Trinajstić information content (AvgIpc) is 2.20. The van der Waals surface area contributed by atoms with Gasteiger partial charge in [0.1, 0.15) is 11.9 Å². The summed E-state index contributed by atoms with van der Waals surface area (Å²) in [6.45, 7) is 4.71. The van der Waals surface area contributed by atoms with E-state index in [4.69, 9.17) is 4.74 Å². The highest BCUT2D eigenvalue weighted by Gasteiger charge is 2.28. The first-order valence-corrected chi connectivity index (χ1v) is 5.30. The minimum Gasteiger partial charge on any atom is -0.370 e. The normalized spacial score (nSPS) is 31.5. The maximum Gasteiger partial charge on any atom is 0.129 e. The van der Waals surface area contributed by atoms with Gasteiger partial charge in [0.05, 0.1) is 6.61 Å². The largest absolute Gasteiger partial charge is 0.370 e. The lowest BCUT2D eigenvalue weighted by atomic mass is 10.0. The molecule has 1 N–H and O–H groups in total. The topological polar surface area (TPSA) is 21.3 Å². The summed E-state index contributed by atoms with van der Waals surface area (Å²) in [7, 11) is 0. The molecule has 1 saturated heterocycles. The highest BCUT2D eigenvalue weighted by atomic mass is 19.1. The van der Waals surface area contributed by atoms with E-state index in [0.29, 0.717) is 18.2 Å². The Morgan fingerprint density at radius 2 is 2.07 bits per heavy atom. The Labute approximate surface area is 89.4 Å². The van der Waals surface area contributed by atoms with E-state index in [2.05, 4.69) is 12.2 Å². The van der Waals surface area contributed by atoms with Crippen molar-refractivity contribution in [1.82, 2.24) is 5.32 Å². The van der Waals surface area contributed by atoms with Gasteiger partial charge in [-0.1, -0.05) is 18.2 Å². The van der Waals surface area contributed by atoms with Crippen LogP contribution < -0.4 is 5.32 Å². The Morgan fingerprint density at radius 3 is 2.73 bits per heavy atom. The summed E-state index contributed by atoms with van der Waals surface area (Å²) >= 11 is 0.